The first kappa shape index (κ1) is 10.4. The van der Waals surface area contributed by atoms with E-state index in [9.17, 15) is 4.79 Å². The smallest absolute Gasteiger partial charge is 0.169 e. The molecule has 1 aromatic rings. The van der Waals surface area contributed by atoms with Gasteiger partial charge in [0.1, 0.15) is 0 Å². The molecule has 0 aromatic carbocycles. The van der Waals surface area contributed by atoms with Crippen LogP contribution < -0.4 is 0 Å². The van der Waals surface area contributed by atoms with E-state index in [-0.39, 0.29) is 5.78 Å². The van der Waals surface area contributed by atoms with Crippen LogP contribution in [0.15, 0.2) is 12.1 Å². The molecule has 0 unspecified atom stereocenters. The van der Waals surface area contributed by atoms with Gasteiger partial charge in [0.15, 0.2) is 5.78 Å². The molecule has 0 bridgehead atoms. The van der Waals surface area contributed by atoms with Crippen molar-refractivity contribution >= 4 is 29.7 Å². The predicted octanol–water partition coefficient (Wildman–Crippen LogP) is 2.62. The SMILES string of the molecule is CC(=O)c1ccc(C#CCCS)s1. The summed E-state index contributed by atoms with van der Waals surface area (Å²) in [4.78, 5) is 12.7. The van der Waals surface area contributed by atoms with E-state index in [0.29, 0.717) is 0 Å². The Kier molecular flexibility index (Phi) is 4.07. The molecule has 0 radical (unpaired) electrons. The van der Waals surface area contributed by atoms with Gasteiger partial charge in [-0.05, 0) is 19.1 Å². The van der Waals surface area contributed by atoms with Gasteiger partial charge in [0.05, 0.1) is 9.75 Å². The Hall–Kier alpha value is -0.720. The zero-order valence-corrected chi connectivity index (χ0v) is 9.04. The number of ketones is 1. The summed E-state index contributed by atoms with van der Waals surface area (Å²) in [6, 6.07) is 3.70. The van der Waals surface area contributed by atoms with Crippen molar-refractivity contribution in [3.05, 3.63) is 21.9 Å². The van der Waals surface area contributed by atoms with Gasteiger partial charge in [0.25, 0.3) is 0 Å². The van der Waals surface area contributed by atoms with E-state index in [2.05, 4.69) is 24.5 Å². The molecule has 1 rings (SSSR count). The summed E-state index contributed by atoms with van der Waals surface area (Å²) < 4.78 is 0. The fourth-order valence-electron chi connectivity index (χ4n) is 0.800. The van der Waals surface area contributed by atoms with Gasteiger partial charge in [-0.15, -0.1) is 11.3 Å². The quantitative estimate of drug-likeness (QED) is 0.451. The molecular formula is C10H10OS2. The number of Topliss-reactive ketones (excluding diaryl/α,β-unsaturated/α-hetero) is 1. The molecule has 0 spiro atoms. The molecule has 1 aromatic heterocycles. The third kappa shape index (κ3) is 3.25. The van der Waals surface area contributed by atoms with Gasteiger partial charge < -0.3 is 0 Å². The number of hydrogen-bond acceptors (Lipinski definition) is 3. The largest absolute Gasteiger partial charge is 0.294 e. The zero-order valence-electron chi connectivity index (χ0n) is 7.33. The highest BCUT2D eigenvalue weighted by atomic mass is 32.1. The molecule has 0 saturated heterocycles. The minimum Gasteiger partial charge on any atom is -0.294 e. The highest BCUT2D eigenvalue weighted by molar-refractivity contribution is 7.80. The van der Waals surface area contributed by atoms with Crippen LogP contribution in [0.4, 0.5) is 0 Å². The first-order valence-electron chi connectivity index (χ1n) is 3.94. The number of hydrogen-bond donors (Lipinski definition) is 1. The van der Waals surface area contributed by atoms with Gasteiger partial charge >= 0.3 is 0 Å². The molecule has 1 nitrogen and oxygen atoms in total. The molecule has 0 fully saturated rings. The van der Waals surface area contributed by atoms with E-state index in [1.807, 2.05) is 12.1 Å². The van der Waals surface area contributed by atoms with Gasteiger partial charge in [0, 0.05) is 12.2 Å². The second kappa shape index (κ2) is 5.11. The highest BCUT2D eigenvalue weighted by Gasteiger charge is 2.01. The first-order chi connectivity index (χ1) is 6.24. The van der Waals surface area contributed by atoms with Crippen LogP contribution in [0.3, 0.4) is 0 Å². The van der Waals surface area contributed by atoms with Gasteiger partial charge in [-0.1, -0.05) is 11.8 Å². The Morgan fingerprint density at radius 2 is 2.38 bits per heavy atom. The lowest BCUT2D eigenvalue weighted by atomic mass is 10.3. The Morgan fingerprint density at radius 3 is 2.92 bits per heavy atom. The maximum atomic E-state index is 10.9. The summed E-state index contributed by atoms with van der Waals surface area (Å²) in [5.74, 6) is 6.84. The predicted molar refractivity (Wildman–Crippen MR) is 59.7 cm³/mol. The van der Waals surface area contributed by atoms with E-state index in [4.69, 9.17) is 0 Å². The summed E-state index contributed by atoms with van der Waals surface area (Å²) in [6.07, 6.45) is 0.788. The maximum Gasteiger partial charge on any atom is 0.169 e. The van der Waals surface area contributed by atoms with Crippen LogP contribution in [0, 0.1) is 11.8 Å². The number of carbonyl (C=O) groups is 1. The minimum atomic E-state index is 0.104. The van der Waals surface area contributed by atoms with Gasteiger partial charge in [0.2, 0.25) is 0 Å². The highest BCUT2D eigenvalue weighted by Crippen LogP contribution is 2.15. The van der Waals surface area contributed by atoms with Gasteiger partial charge in [-0.3, -0.25) is 4.79 Å². The Labute approximate surface area is 87.6 Å². The Balaban J connectivity index is 2.71. The molecule has 68 valence electrons. The lowest BCUT2D eigenvalue weighted by Crippen LogP contribution is -1.83. The van der Waals surface area contributed by atoms with Crippen molar-refractivity contribution in [2.45, 2.75) is 13.3 Å². The zero-order chi connectivity index (χ0) is 9.68. The second-order valence-electron chi connectivity index (χ2n) is 2.50. The summed E-state index contributed by atoms with van der Waals surface area (Å²) in [6.45, 7) is 1.57. The van der Waals surface area contributed by atoms with E-state index in [1.54, 1.807) is 6.92 Å². The van der Waals surface area contributed by atoms with Crippen LogP contribution in [-0.4, -0.2) is 11.5 Å². The maximum absolute atomic E-state index is 10.9. The fraction of sp³-hybridized carbons (Fsp3) is 0.300. The van der Waals surface area contributed by atoms with Crippen LogP contribution in [0.1, 0.15) is 27.9 Å². The Morgan fingerprint density at radius 1 is 1.62 bits per heavy atom. The van der Waals surface area contributed by atoms with E-state index in [0.717, 1.165) is 21.9 Å². The molecule has 0 aliphatic rings. The summed E-state index contributed by atoms with van der Waals surface area (Å²) in [5, 5.41) is 0. The molecule has 0 aliphatic carbocycles. The van der Waals surface area contributed by atoms with E-state index < -0.39 is 0 Å². The van der Waals surface area contributed by atoms with Crippen molar-refractivity contribution in [1.29, 1.82) is 0 Å². The molecule has 13 heavy (non-hydrogen) atoms. The summed E-state index contributed by atoms with van der Waals surface area (Å²) >= 11 is 5.50. The fourth-order valence-corrected chi connectivity index (χ4v) is 1.69. The second-order valence-corrected chi connectivity index (χ2v) is 4.03. The van der Waals surface area contributed by atoms with Crippen LogP contribution >= 0.6 is 24.0 Å². The van der Waals surface area contributed by atoms with Crippen molar-refractivity contribution in [1.82, 2.24) is 0 Å². The average Bonchev–Trinajstić information content (AvgIpc) is 2.53. The first-order valence-corrected chi connectivity index (χ1v) is 5.39. The molecule has 0 saturated carbocycles. The van der Waals surface area contributed by atoms with Crippen molar-refractivity contribution < 1.29 is 4.79 Å². The number of rotatable bonds is 2. The van der Waals surface area contributed by atoms with Crippen molar-refractivity contribution in [3.8, 4) is 11.8 Å². The Bertz CT molecular complexity index is 354. The standard InChI is InChI=1S/C10H10OS2/c1-8(11)10-6-5-9(13-10)4-2-3-7-12/h5-6,12H,3,7H2,1H3. The summed E-state index contributed by atoms with van der Waals surface area (Å²) in [7, 11) is 0. The van der Waals surface area contributed by atoms with E-state index >= 15 is 0 Å². The average molecular weight is 210 g/mol. The molecule has 1 heterocycles. The van der Waals surface area contributed by atoms with E-state index in [1.165, 1.54) is 11.3 Å². The number of thiol groups is 1. The molecular weight excluding hydrogens is 200 g/mol. The topological polar surface area (TPSA) is 17.1 Å². The van der Waals surface area contributed by atoms with Crippen molar-refractivity contribution in [3.63, 3.8) is 0 Å². The molecule has 0 atom stereocenters. The lowest BCUT2D eigenvalue weighted by molar-refractivity contribution is 0.102. The van der Waals surface area contributed by atoms with Gasteiger partial charge in [-0.25, -0.2) is 0 Å². The third-order valence-corrected chi connectivity index (χ3v) is 2.73. The van der Waals surface area contributed by atoms with Crippen molar-refractivity contribution in [2.75, 3.05) is 5.75 Å². The van der Waals surface area contributed by atoms with Crippen LogP contribution in [-0.2, 0) is 0 Å². The molecule has 3 heteroatoms. The number of carbonyl (C=O) groups excluding carboxylic acids is 1. The minimum absolute atomic E-state index is 0.104. The van der Waals surface area contributed by atoms with Gasteiger partial charge in [-0.2, -0.15) is 12.6 Å². The summed E-state index contributed by atoms with van der Waals surface area (Å²) in [5.41, 5.74) is 0. The van der Waals surface area contributed by atoms with Crippen molar-refractivity contribution in [2.24, 2.45) is 0 Å². The molecule has 0 N–H and O–H groups in total. The monoisotopic (exact) mass is 210 g/mol. The van der Waals surface area contributed by atoms with Crippen LogP contribution in [0.2, 0.25) is 0 Å². The number of thiophene rings is 1. The van der Waals surface area contributed by atoms with Crippen LogP contribution in [0.5, 0.6) is 0 Å². The normalized spacial score (nSPS) is 9.08. The van der Waals surface area contributed by atoms with Crippen LogP contribution in [0.25, 0.3) is 0 Å². The third-order valence-electron chi connectivity index (χ3n) is 1.40. The molecule has 0 aliphatic heterocycles. The lowest BCUT2D eigenvalue weighted by Gasteiger charge is -1.82. The molecule has 0 amide bonds.